The van der Waals surface area contributed by atoms with Gasteiger partial charge in [0.15, 0.2) is 0 Å². The van der Waals surface area contributed by atoms with E-state index >= 15 is 0 Å². The molecule has 0 unspecified atom stereocenters. The Labute approximate surface area is 126 Å². The largest absolute Gasteiger partial charge is 0.314 e. The number of halogens is 1. The minimum Gasteiger partial charge on any atom is -0.314 e. The van der Waals surface area contributed by atoms with Crippen LogP contribution in [0.5, 0.6) is 0 Å². The zero-order valence-electron chi connectivity index (χ0n) is 12.9. The Hall–Kier alpha value is -1.44. The third-order valence-corrected chi connectivity index (χ3v) is 4.11. The van der Waals surface area contributed by atoms with Crippen molar-refractivity contribution in [2.45, 2.75) is 32.7 Å². The van der Waals surface area contributed by atoms with E-state index in [4.69, 9.17) is 5.26 Å². The van der Waals surface area contributed by atoms with Gasteiger partial charge in [-0.1, -0.05) is 19.9 Å². The number of nitrogens with one attached hydrogen (secondary N) is 1. The lowest BCUT2D eigenvalue weighted by molar-refractivity contribution is 0.159. The highest BCUT2D eigenvalue weighted by molar-refractivity contribution is 5.35. The second-order valence-corrected chi connectivity index (χ2v) is 6.12. The average Bonchev–Trinajstić information content (AvgIpc) is 2.49. The van der Waals surface area contributed by atoms with Crippen LogP contribution in [0.25, 0.3) is 0 Å². The maximum atomic E-state index is 13.5. The van der Waals surface area contributed by atoms with E-state index in [2.05, 4.69) is 24.1 Å². The summed E-state index contributed by atoms with van der Waals surface area (Å²) >= 11 is 0. The lowest BCUT2D eigenvalue weighted by Crippen LogP contribution is -2.45. The molecule has 0 aromatic heterocycles. The van der Waals surface area contributed by atoms with Gasteiger partial charge in [-0.25, -0.2) is 4.39 Å². The van der Waals surface area contributed by atoms with Gasteiger partial charge in [0.2, 0.25) is 0 Å². The Morgan fingerprint density at radius 3 is 2.62 bits per heavy atom. The Morgan fingerprint density at radius 1 is 1.29 bits per heavy atom. The first-order chi connectivity index (χ1) is 10.1. The predicted octanol–water partition coefficient (Wildman–Crippen LogP) is 3.08. The molecule has 1 aliphatic heterocycles. The number of hydrogen-bond acceptors (Lipinski definition) is 3. The fourth-order valence-electron chi connectivity index (χ4n) is 2.88. The quantitative estimate of drug-likeness (QED) is 0.905. The Kier molecular flexibility index (Phi) is 5.72. The van der Waals surface area contributed by atoms with Crippen LogP contribution in [0.1, 0.15) is 43.9 Å². The van der Waals surface area contributed by atoms with Crippen LogP contribution in [0, 0.1) is 23.1 Å². The average molecular weight is 289 g/mol. The topological polar surface area (TPSA) is 39.1 Å². The second kappa shape index (κ2) is 7.53. The first kappa shape index (κ1) is 15.9. The summed E-state index contributed by atoms with van der Waals surface area (Å²) in [6.45, 7) is 8.43. The van der Waals surface area contributed by atoms with Gasteiger partial charge in [0.25, 0.3) is 0 Å². The van der Waals surface area contributed by atoms with Crippen molar-refractivity contribution in [3.63, 3.8) is 0 Å². The number of rotatable bonds is 5. The highest BCUT2D eigenvalue weighted by atomic mass is 19.1. The van der Waals surface area contributed by atoms with Crippen LogP contribution < -0.4 is 5.32 Å². The second-order valence-electron chi connectivity index (χ2n) is 6.12. The summed E-state index contributed by atoms with van der Waals surface area (Å²) in [5, 5.41) is 12.4. The molecule has 4 heteroatoms. The smallest absolute Gasteiger partial charge is 0.140 e. The molecule has 21 heavy (non-hydrogen) atoms. The van der Waals surface area contributed by atoms with E-state index < -0.39 is 5.82 Å². The van der Waals surface area contributed by atoms with Gasteiger partial charge in [0.1, 0.15) is 11.9 Å². The minimum atomic E-state index is -0.427. The molecule has 114 valence electrons. The van der Waals surface area contributed by atoms with Crippen molar-refractivity contribution in [2.24, 2.45) is 5.92 Å². The van der Waals surface area contributed by atoms with Gasteiger partial charge in [0.05, 0.1) is 5.56 Å². The van der Waals surface area contributed by atoms with E-state index in [1.807, 2.05) is 12.1 Å². The van der Waals surface area contributed by atoms with E-state index in [9.17, 15) is 4.39 Å². The first-order valence-electron chi connectivity index (χ1n) is 7.76. The number of piperazine rings is 1. The summed E-state index contributed by atoms with van der Waals surface area (Å²) in [4.78, 5) is 2.45. The van der Waals surface area contributed by atoms with E-state index in [0.717, 1.165) is 44.6 Å². The molecule has 0 aliphatic carbocycles. The summed E-state index contributed by atoms with van der Waals surface area (Å²) in [5.41, 5.74) is 1.22. The van der Waals surface area contributed by atoms with Crippen molar-refractivity contribution in [3.05, 3.63) is 35.1 Å². The molecule has 2 rings (SSSR count). The van der Waals surface area contributed by atoms with Crippen molar-refractivity contribution in [3.8, 4) is 6.07 Å². The lowest BCUT2D eigenvalue weighted by atomic mass is 9.94. The molecule has 0 saturated carbocycles. The molecule has 1 heterocycles. The monoisotopic (exact) mass is 289 g/mol. The first-order valence-corrected chi connectivity index (χ1v) is 7.76. The molecule has 0 spiro atoms. The molecule has 1 fully saturated rings. The Bertz CT molecular complexity index is 501. The summed E-state index contributed by atoms with van der Waals surface area (Å²) in [6.07, 6.45) is 2.18. The van der Waals surface area contributed by atoms with Crippen molar-refractivity contribution >= 4 is 0 Å². The van der Waals surface area contributed by atoms with Crippen molar-refractivity contribution in [1.29, 1.82) is 5.26 Å². The van der Waals surface area contributed by atoms with Crippen molar-refractivity contribution < 1.29 is 4.39 Å². The highest BCUT2D eigenvalue weighted by Crippen LogP contribution is 2.29. The van der Waals surface area contributed by atoms with Gasteiger partial charge in [-0.15, -0.1) is 0 Å². The van der Waals surface area contributed by atoms with E-state index in [-0.39, 0.29) is 11.6 Å². The van der Waals surface area contributed by atoms with Crippen LogP contribution in [0.4, 0.5) is 4.39 Å². The molecule has 1 aliphatic rings. The van der Waals surface area contributed by atoms with Crippen LogP contribution in [0.3, 0.4) is 0 Å². The molecule has 1 N–H and O–H groups in total. The standard InChI is InChI=1S/C17H24FN3/c1-13(2)3-6-17(21-9-7-20-8-10-21)14-4-5-16(18)15(11-14)12-19/h4-5,11,13,17,20H,3,6-10H2,1-2H3/t17-/m0/s1. The van der Waals surface area contributed by atoms with Crippen molar-refractivity contribution in [2.75, 3.05) is 26.2 Å². The van der Waals surface area contributed by atoms with Crippen LogP contribution in [-0.4, -0.2) is 31.1 Å². The number of hydrogen-bond donors (Lipinski definition) is 1. The van der Waals surface area contributed by atoms with Crippen molar-refractivity contribution in [1.82, 2.24) is 10.2 Å². The van der Waals surface area contributed by atoms with Gasteiger partial charge in [0, 0.05) is 32.2 Å². The predicted molar refractivity (Wildman–Crippen MR) is 82.4 cm³/mol. The normalized spacial score (nSPS) is 17.7. The lowest BCUT2D eigenvalue weighted by Gasteiger charge is -2.35. The van der Waals surface area contributed by atoms with Gasteiger partial charge >= 0.3 is 0 Å². The molecule has 1 saturated heterocycles. The number of benzene rings is 1. The van der Waals surface area contributed by atoms with Crippen LogP contribution in [0.2, 0.25) is 0 Å². The zero-order valence-corrected chi connectivity index (χ0v) is 12.9. The van der Waals surface area contributed by atoms with Gasteiger partial charge in [-0.05, 0) is 36.5 Å². The van der Waals surface area contributed by atoms with E-state index in [1.54, 1.807) is 6.07 Å². The maximum absolute atomic E-state index is 13.5. The Balaban J connectivity index is 2.23. The van der Waals surface area contributed by atoms with Gasteiger partial charge < -0.3 is 5.32 Å². The summed E-state index contributed by atoms with van der Waals surface area (Å²) in [6, 6.07) is 7.22. The Morgan fingerprint density at radius 2 is 2.00 bits per heavy atom. The zero-order chi connectivity index (χ0) is 15.2. The fraction of sp³-hybridized carbons (Fsp3) is 0.588. The van der Waals surface area contributed by atoms with E-state index in [1.165, 1.54) is 6.07 Å². The van der Waals surface area contributed by atoms with Gasteiger partial charge in [-0.3, -0.25) is 4.90 Å². The molecule has 0 radical (unpaired) electrons. The third-order valence-electron chi connectivity index (χ3n) is 4.11. The van der Waals surface area contributed by atoms with Gasteiger partial charge in [-0.2, -0.15) is 5.26 Å². The molecule has 0 amide bonds. The number of nitrogens with zero attached hydrogens (tertiary/aromatic N) is 2. The SMILES string of the molecule is CC(C)CC[C@@H](c1ccc(F)c(C#N)c1)N1CCNCC1. The summed E-state index contributed by atoms with van der Waals surface area (Å²) < 4.78 is 13.5. The molecule has 1 aromatic rings. The highest BCUT2D eigenvalue weighted by Gasteiger charge is 2.23. The van der Waals surface area contributed by atoms with E-state index in [0.29, 0.717) is 5.92 Å². The number of nitriles is 1. The molecular formula is C17H24FN3. The minimum absolute atomic E-state index is 0.150. The summed E-state index contributed by atoms with van der Waals surface area (Å²) in [7, 11) is 0. The molecule has 1 aromatic carbocycles. The molecule has 3 nitrogen and oxygen atoms in total. The van der Waals surface area contributed by atoms with Crippen LogP contribution in [-0.2, 0) is 0 Å². The third kappa shape index (κ3) is 4.26. The molecule has 1 atom stereocenters. The molecule has 0 bridgehead atoms. The van der Waals surface area contributed by atoms with Crippen LogP contribution in [0.15, 0.2) is 18.2 Å². The fourth-order valence-corrected chi connectivity index (χ4v) is 2.88. The maximum Gasteiger partial charge on any atom is 0.140 e. The molecular weight excluding hydrogens is 265 g/mol. The summed E-state index contributed by atoms with van der Waals surface area (Å²) in [5.74, 6) is 0.218. The van der Waals surface area contributed by atoms with Crippen LogP contribution >= 0.6 is 0 Å².